The highest BCUT2D eigenvalue weighted by molar-refractivity contribution is 5.73. The van der Waals surface area contributed by atoms with Gasteiger partial charge in [-0.1, -0.05) is 20.8 Å². The van der Waals surface area contributed by atoms with Crippen LogP contribution in [0.3, 0.4) is 0 Å². The molecular weight excluding hydrogens is 664 g/mol. The van der Waals surface area contributed by atoms with E-state index in [1.807, 2.05) is 32.7 Å². The topological polar surface area (TPSA) is 189 Å². The van der Waals surface area contributed by atoms with Gasteiger partial charge in [-0.25, -0.2) is 0 Å². The van der Waals surface area contributed by atoms with Crippen molar-refractivity contribution in [2.45, 2.75) is 185 Å². The summed E-state index contributed by atoms with van der Waals surface area (Å²) in [4.78, 5) is 16.1. The molecule has 0 aliphatic carbocycles. The number of ether oxygens (including phenoxy) is 6. The summed E-state index contributed by atoms with van der Waals surface area (Å²) in [5, 5.41) is 61.0. The van der Waals surface area contributed by atoms with Crippen LogP contribution in [-0.2, 0) is 33.2 Å². The van der Waals surface area contributed by atoms with E-state index in [0.717, 1.165) is 0 Å². The minimum Gasteiger partial charge on any atom is -0.459 e. The molecule has 0 saturated carbocycles. The molecule has 18 atom stereocenters. The van der Waals surface area contributed by atoms with Crippen molar-refractivity contribution in [2.24, 2.45) is 17.8 Å². The van der Waals surface area contributed by atoms with Crippen molar-refractivity contribution in [3.8, 4) is 0 Å². The molecule has 0 aromatic carbocycles. The minimum absolute atomic E-state index is 0.132. The van der Waals surface area contributed by atoms with Crippen molar-refractivity contribution in [3.05, 3.63) is 0 Å². The molecule has 0 aromatic heterocycles. The number of cyclic esters (lactones) is 1. The average Bonchev–Trinajstić information content (AvgIpc) is 3.05. The second-order valence-corrected chi connectivity index (χ2v) is 16.5. The van der Waals surface area contributed by atoms with E-state index in [4.69, 9.17) is 28.4 Å². The molecule has 6 N–H and O–H groups in total. The highest BCUT2D eigenvalue weighted by atomic mass is 16.7. The van der Waals surface area contributed by atoms with Crippen LogP contribution >= 0.6 is 0 Å². The van der Waals surface area contributed by atoms with E-state index in [-0.39, 0.29) is 37.3 Å². The predicted molar refractivity (Wildman–Crippen MR) is 190 cm³/mol. The zero-order valence-corrected chi connectivity index (χ0v) is 33.2. The summed E-state index contributed by atoms with van der Waals surface area (Å²) in [6, 6.07) is -0.858. The molecule has 3 aliphatic rings. The van der Waals surface area contributed by atoms with Gasteiger partial charge in [0.15, 0.2) is 12.6 Å². The Morgan fingerprint density at radius 1 is 0.961 bits per heavy atom. The largest absolute Gasteiger partial charge is 0.459 e. The van der Waals surface area contributed by atoms with Gasteiger partial charge in [0.25, 0.3) is 0 Å². The Balaban J connectivity index is 2.16. The number of carbonyl (C=O) groups is 1. The number of likely N-dealkylation sites (N-methyl/N-ethyl adjacent to an activating group) is 2. The van der Waals surface area contributed by atoms with E-state index in [9.17, 15) is 30.3 Å². The number of nitrogens with zero attached hydrogens (tertiary/aromatic N) is 1. The Labute approximate surface area is 305 Å². The maximum atomic E-state index is 14.2. The van der Waals surface area contributed by atoms with E-state index < -0.39 is 96.0 Å². The molecule has 0 aromatic rings. The van der Waals surface area contributed by atoms with E-state index in [1.54, 1.807) is 48.6 Å². The molecule has 3 aliphatic heterocycles. The smallest absolute Gasteiger partial charge is 0.311 e. The molecule has 0 radical (unpaired) electrons. The second-order valence-electron chi connectivity index (χ2n) is 16.5. The van der Waals surface area contributed by atoms with Gasteiger partial charge in [0.2, 0.25) is 0 Å². The van der Waals surface area contributed by atoms with Crippen molar-refractivity contribution in [3.63, 3.8) is 0 Å². The first-order valence-electron chi connectivity index (χ1n) is 18.8. The molecule has 0 amide bonds. The lowest BCUT2D eigenvalue weighted by Crippen LogP contribution is -2.60. The summed E-state index contributed by atoms with van der Waals surface area (Å²) in [5.74, 6) is -2.59. The van der Waals surface area contributed by atoms with E-state index in [0.29, 0.717) is 13.0 Å². The first-order chi connectivity index (χ1) is 23.5. The molecule has 14 nitrogen and oxygen atoms in total. The van der Waals surface area contributed by atoms with E-state index in [2.05, 4.69) is 5.32 Å². The van der Waals surface area contributed by atoms with Crippen LogP contribution in [-0.4, -0.2) is 154 Å². The zero-order valence-electron chi connectivity index (χ0n) is 33.2. The first kappa shape index (κ1) is 44.4. The van der Waals surface area contributed by atoms with Crippen molar-refractivity contribution >= 4 is 5.97 Å². The molecule has 300 valence electrons. The van der Waals surface area contributed by atoms with Gasteiger partial charge < -0.3 is 64.2 Å². The van der Waals surface area contributed by atoms with Crippen LogP contribution in [0.5, 0.6) is 0 Å². The second kappa shape index (κ2) is 17.6. The van der Waals surface area contributed by atoms with Crippen molar-refractivity contribution in [2.75, 3.05) is 27.7 Å². The monoisotopic (exact) mass is 734 g/mol. The first-order valence-corrected chi connectivity index (χ1v) is 18.8. The summed E-state index contributed by atoms with van der Waals surface area (Å²) in [7, 11) is 5.10. The van der Waals surface area contributed by atoms with Crippen LogP contribution in [0.25, 0.3) is 0 Å². The molecule has 3 rings (SSSR count). The molecule has 0 spiro atoms. The highest BCUT2D eigenvalue weighted by Crippen LogP contribution is 2.40. The number of hydrogen-bond acceptors (Lipinski definition) is 14. The Hall–Kier alpha value is -1.01. The van der Waals surface area contributed by atoms with Crippen LogP contribution in [0.2, 0.25) is 0 Å². The van der Waals surface area contributed by atoms with Crippen LogP contribution in [0.15, 0.2) is 0 Å². The summed E-state index contributed by atoms with van der Waals surface area (Å²) in [6.45, 7) is 18.0. The fraction of sp³-hybridized carbons (Fsp3) is 0.973. The van der Waals surface area contributed by atoms with Crippen molar-refractivity contribution in [1.29, 1.82) is 0 Å². The lowest BCUT2D eigenvalue weighted by Gasteiger charge is -2.48. The molecule has 3 heterocycles. The molecule has 14 heteroatoms. The summed E-state index contributed by atoms with van der Waals surface area (Å²) < 4.78 is 37.3. The quantitative estimate of drug-likeness (QED) is 0.207. The SMILES string of the molecule is CC[C@H]1OC(=O)[C@H](C)[C@@H](O[C@H]2C[C@@](C)(OC)[C@@H](O)[C@H](C)O2)[C@H](C)C(O[C@@H]2O[C@H](C)C[C@H](NC)[C@H]2O)[C@](C)(O)C[C@@H](C)CN(C)C(C)[C@@H](O)[C@]1(C)O. The van der Waals surface area contributed by atoms with E-state index >= 15 is 0 Å². The summed E-state index contributed by atoms with van der Waals surface area (Å²) in [6.07, 6.45) is -8.24. The Bertz CT molecular complexity index is 1110. The lowest BCUT2D eigenvalue weighted by atomic mass is 9.77. The van der Waals surface area contributed by atoms with Crippen molar-refractivity contribution < 1.29 is 58.7 Å². The fourth-order valence-corrected chi connectivity index (χ4v) is 8.53. The van der Waals surface area contributed by atoms with Gasteiger partial charge in [-0.05, 0) is 87.7 Å². The number of aliphatic hydroxyl groups excluding tert-OH is 3. The highest BCUT2D eigenvalue weighted by Gasteiger charge is 2.52. The number of nitrogens with one attached hydrogen (secondary N) is 1. The minimum atomic E-state index is -1.80. The van der Waals surface area contributed by atoms with Gasteiger partial charge in [-0.3, -0.25) is 4.79 Å². The normalized spacial score (nSPS) is 50.2. The van der Waals surface area contributed by atoms with Gasteiger partial charge in [-0.2, -0.15) is 0 Å². The van der Waals surface area contributed by atoms with Gasteiger partial charge in [0.05, 0.1) is 41.5 Å². The maximum Gasteiger partial charge on any atom is 0.311 e. The number of methoxy groups -OCH3 is 1. The van der Waals surface area contributed by atoms with Crippen LogP contribution < -0.4 is 5.32 Å². The van der Waals surface area contributed by atoms with Crippen molar-refractivity contribution in [1.82, 2.24) is 10.2 Å². The lowest BCUT2D eigenvalue weighted by molar-refractivity contribution is -0.316. The molecule has 3 saturated heterocycles. The average molecular weight is 735 g/mol. The van der Waals surface area contributed by atoms with Crippen LogP contribution in [0.4, 0.5) is 0 Å². The number of esters is 1. The fourth-order valence-electron chi connectivity index (χ4n) is 8.53. The molecule has 3 fully saturated rings. The van der Waals surface area contributed by atoms with Crippen LogP contribution in [0, 0.1) is 17.8 Å². The third kappa shape index (κ3) is 10.0. The molecule has 51 heavy (non-hydrogen) atoms. The van der Waals surface area contributed by atoms with Gasteiger partial charge in [0.1, 0.15) is 30.0 Å². The Morgan fingerprint density at radius 2 is 1.59 bits per heavy atom. The molecule has 0 bridgehead atoms. The van der Waals surface area contributed by atoms with Crippen LogP contribution in [0.1, 0.15) is 94.9 Å². The number of aliphatic hydroxyl groups is 5. The third-order valence-electron chi connectivity index (χ3n) is 11.9. The third-order valence-corrected chi connectivity index (χ3v) is 11.9. The molecular formula is C37H70N2O12. The summed E-state index contributed by atoms with van der Waals surface area (Å²) in [5.41, 5.74) is -4.37. The number of carbonyl (C=O) groups excluding carboxylic acids is 1. The Kier molecular flexibility index (Phi) is 15.3. The predicted octanol–water partition coefficient (Wildman–Crippen LogP) is 1.56. The van der Waals surface area contributed by atoms with E-state index in [1.165, 1.54) is 14.0 Å². The maximum absolute atomic E-state index is 14.2. The van der Waals surface area contributed by atoms with Gasteiger partial charge in [-0.15, -0.1) is 0 Å². The zero-order chi connectivity index (χ0) is 38.8. The van der Waals surface area contributed by atoms with Gasteiger partial charge >= 0.3 is 5.97 Å². The standard InChI is InChI=1S/C37H70N2O12/c1-14-26-37(10,45)30(41)23(6)39(12)18-19(2)16-35(8,44)32(51-34-28(40)25(38-11)15-20(3)47-34)21(4)29(22(5)33(43)49-26)50-27-17-36(9,46-13)31(42)24(7)48-27/h19-32,34,38,40-42,44-45H,14-18H2,1-13H3/t19-,20-,21+,22-,23?,24+,25+,26-,27+,28-,29+,30-,31+,32?,34+,35-,36-,37-/m1/s1. The van der Waals surface area contributed by atoms with Gasteiger partial charge in [0, 0.05) is 38.1 Å². The molecule has 2 unspecified atom stereocenters. The number of hydrogen-bond donors (Lipinski definition) is 6. The summed E-state index contributed by atoms with van der Waals surface area (Å²) >= 11 is 0. The Morgan fingerprint density at radius 3 is 2.16 bits per heavy atom. The number of rotatable bonds is 7.